The van der Waals surface area contributed by atoms with Crippen LogP contribution in [0.4, 0.5) is 0 Å². The highest BCUT2D eigenvalue weighted by Crippen LogP contribution is 2.16. The van der Waals surface area contributed by atoms with E-state index < -0.39 is 0 Å². The summed E-state index contributed by atoms with van der Waals surface area (Å²) < 4.78 is 17.0. The molecule has 2 aromatic carbocycles. The molecule has 0 saturated carbocycles. The minimum absolute atomic E-state index is 0.107. The van der Waals surface area contributed by atoms with E-state index in [1.54, 1.807) is 0 Å². The van der Waals surface area contributed by atoms with Crippen LogP contribution in [0.1, 0.15) is 25.0 Å². The second-order valence-electron chi connectivity index (χ2n) is 5.36. The maximum Gasteiger partial charge on any atom is 0.119 e. The molecule has 0 heterocycles. The van der Waals surface area contributed by atoms with Crippen molar-refractivity contribution in [3.8, 4) is 5.75 Å². The zero-order valence-electron chi connectivity index (χ0n) is 14.0. The molecule has 1 unspecified atom stereocenters. The van der Waals surface area contributed by atoms with Crippen molar-refractivity contribution in [3.63, 3.8) is 0 Å². The van der Waals surface area contributed by atoms with Gasteiger partial charge in [0.15, 0.2) is 0 Å². The molecule has 0 aliphatic carbocycles. The van der Waals surface area contributed by atoms with Crippen LogP contribution >= 0.6 is 0 Å². The van der Waals surface area contributed by atoms with Crippen LogP contribution in [0.15, 0.2) is 54.6 Å². The first kappa shape index (κ1) is 17.5. The van der Waals surface area contributed by atoms with Gasteiger partial charge < -0.3 is 14.2 Å². The fraction of sp³-hybridized carbons (Fsp3) is 0.400. The predicted octanol–water partition coefficient (Wildman–Crippen LogP) is 4.25. The van der Waals surface area contributed by atoms with E-state index in [0.29, 0.717) is 19.8 Å². The molecule has 0 radical (unpaired) electrons. The van der Waals surface area contributed by atoms with Gasteiger partial charge in [-0.25, -0.2) is 0 Å². The molecule has 0 bridgehead atoms. The lowest BCUT2D eigenvalue weighted by Crippen LogP contribution is -2.22. The maximum atomic E-state index is 5.81. The van der Waals surface area contributed by atoms with Gasteiger partial charge in [-0.15, -0.1) is 0 Å². The summed E-state index contributed by atoms with van der Waals surface area (Å²) in [6.07, 6.45) is 0.961. The third kappa shape index (κ3) is 6.43. The lowest BCUT2D eigenvalue weighted by Gasteiger charge is -2.17. The molecule has 0 spiro atoms. The van der Waals surface area contributed by atoms with Crippen molar-refractivity contribution in [2.75, 3.05) is 19.8 Å². The van der Waals surface area contributed by atoms with Gasteiger partial charge >= 0.3 is 0 Å². The summed E-state index contributed by atoms with van der Waals surface area (Å²) in [5, 5.41) is 0. The van der Waals surface area contributed by atoms with Crippen molar-refractivity contribution < 1.29 is 14.2 Å². The van der Waals surface area contributed by atoms with Crippen molar-refractivity contribution in [1.82, 2.24) is 0 Å². The van der Waals surface area contributed by atoms with Crippen LogP contribution in [0.25, 0.3) is 0 Å². The topological polar surface area (TPSA) is 27.7 Å². The fourth-order valence-electron chi connectivity index (χ4n) is 2.38. The summed E-state index contributed by atoms with van der Waals surface area (Å²) in [4.78, 5) is 0. The summed E-state index contributed by atoms with van der Waals surface area (Å²) >= 11 is 0. The van der Waals surface area contributed by atoms with Gasteiger partial charge in [-0.3, -0.25) is 0 Å². The number of benzene rings is 2. The van der Waals surface area contributed by atoms with E-state index in [4.69, 9.17) is 14.2 Å². The van der Waals surface area contributed by atoms with Crippen molar-refractivity contribution >= 4 is 0 Å². The van der Waals surface area contributed by atoms with Gasteiger partial charge in [0.1, 0.15) is 12.4 Å². The van der Waals surface area contributed by atoms with Crippen LogP contribution in [0, 0.1) is 0 Å². The molecular weight excluding hydrogens is 288 g/mol. The van der Waals surface area contributed by atoms with Crippen LogP contribution in [0.5, 0.6) is 5.75 Å². The maximum absolute atomic E-state index is 5.81. The number of ether oxygens (including phenoxy) is 3. The van der Waals surface area contributed by atoms with Crippen molar-refractivity contribution in [2.45, 2.75) is 33.0 Å². The summed E-state index contributed by atoms with van der Waals surface area (Å²) in [6, 6.07) is 18.4. The van der Waals surface area contributed by atoms with Crippen molar-refractivity contribution in [2.24, 2.45) is 0 Å². The Labute approximate surface area is 139 Å². The second kappa shape index (κ2) is 10.0. The number of rotatable bonds is 10. The first-order valence-electron chi connectivity index (χ1n) is 8.26. The van der Waals surface area contributed by atoms with E-state index in [-0.39, 0.29) is 6.10 Å². The molecule has 0 fully saturated rings. The van der Waals surface area contributed by atoms with Crippen LogP contribution in [-0.4, -0.2) is 25.9 Å². The number of hydrogen-bond donors (Lipinski definition) is 0. The lowest BCUT2D eigenvalue weighted by molar-refractivity contribution is -0.00769. The molecule has 1 atom stereocenters. The van der Waals surface area contributed by atoms with Crippen LogP contribution in [0.2, 0.25) is 0 Å². The minimum atomic E-state index is 0.107. The molecule has 0 aromatic heterocycles. The minimum Gasteiger partial charge on any atom is -0.489 e. The average molecular weight is 314 g/mol. The lowest BCUT2D eigenvalue weighted by atomic mass is 10.1. The standard InChI is InChI=1S/C20H26O3/c1-3-21-16-20(22-4-2)14-17-10-12-19(13-11-17)23-15-18-8-6-5-7-9-18/h5-13,20H,3-4,14-16H2,1-2H3. The Kier molecular flexibility index (Phi) is 7.64. The van der Waals surface area contributed by atoms with Gasteiger partial charge in [0, 0.05) is 19.6 Å². The Hall–Kier alpha value is -1.84. The summed E-state index contributed by atoms with van der Waals surface area (Å²) in [7, 11) is 0. The van der Waals surface area contributed by atoms with Crippen LogP contribution in [0.3, 0.4) is 0 Å². The molecule has 0 amide bonds. The molecule has 2 rings (SSSR count). The third-order valence-electron chi connectivity index (χ3n) is 3.55. The number of hydrogen-bond acceptors (Lipinski definition) is 3. The molecule has 3 heteroatoms. The average Bonchev–Trinajstić information content (AvgIpc) is 2.60. The first-order chi connectivity index (χ1) is 11.3. The molecule has 2 aromatic rings. The summed E-state index contributed by atoms with van der Waals surface area (Å²) in [5.41, 5.74) is 2.40. The van der Waals surface area contributed by atoms with E-state index in [9.17, 15) is 0 Å². The van der Waals surface area contributed by atoms with Crippen molar-refractivity contribution in [1.29, 1.82) is 0 Å². The smallest absolute Gasteiger partial charge is 0.119 e. The van der Waals surface area contributed by atoms with E-state index >= 15 is 0 Å². The van der Waals surface area contributed by atoms with Gasteiger partial charge in [-0.1, -0.05) is 42.5 Å². The quantitative estimate of drug-likeness (QED) is 0.656. The molecule has 0 aliphatic heterocycles. The molecule has 124 valence electrons. The van der Waals surface area contributed by atoms with E-state index in [0.717, 1.165) is 18.8 Å². The van der Waals surface area contributed by atoms with E-state index in [1.165, 1.54) is 11.1 Å². The van der Waals surface area contributed by atoms with Gasteiger partial charge in [0.05, 0.1) is 12.7 Å². The largest absolute Gasteiger partial charge is 0.489 e. The predicted molar refractivity (Wildman–Crippen MR) is 92.8 cm³/mol. The Morgan fingerprint density at radius 2 is 1.57 bits per heavy atom. The summed E-state index contributed by atoms with van der Waals surface area (Å²) in [5.74, 6) is 0.885. The Morgan fingerprint density at radius 1 is 0.826 bits per heavy atom. The Balaban J connectivity index is 1.85. The van der Waals surface area contributed by atoms with Crippen LogP contribution < -0.4 is 4.74 Å². The highest BCUT2D eigenvalue weighted by Gasteiger charge is 2.10. The molecule has 23 heavy (non-hydrogen) atoms. The van der Waals surface area contributed by atoms with Gasteiger partial charge in [-0.05, 0) is 37.1 Å². The van der Waals surface area contributed by atoms with E-state index in [1.807, 2.05) is 44.2 Å². The molecule has 3 nitrogen and oxygen atoms in total. The Bertz CT molecular complexity index is 537. The SMILES string of the molecule is CCOCC(Cc1ccc(OCc2ccccc2)cc1)OCC. The van der Waals surface area contributed by atoms with Crippen molar-refractivity contribution in [3.05, 3.63) is 65.7 Å². The molecule has 0 N–H and O–H groups in total. The van der Waals surface area contributed by atoms with E-state index in [2.05, 4.69) is 24.3 Å². The van der Waals surface area contributed by atoms with Gasteiger partial charge in [0.2, 0.25) is 0 Å². The normalized spacial score (nSPS) is 12.1. The third-order valence-corrected chi connectivity index (χ3v) is 3.55. The zero-order valence-corrected chi connectivity index (χ0v) is 14.0. The first-order valence-corrected chi connectivity index (χ1v) is 8.26. The monoisotopic (exact) mass is 314 g/mol. The fourth-order valence-corrected chi connectivity index (χ4v) is 2.38. The second-order valence-corrected chi connectivity index (χ2v) is 5.36. The Morgan fingerprint density at radius 3 is 2.22 bits per heavy atom. The van der Waals surface area contributed by atoms with Gasteiger partial charge in [-0.2, -0.15) is 0 Å². The van der Waals surface area contributed by atoms with Gasteiger partial charge in [0.25, 0.3) is 0 Å². The molecule has 0 aliphatic rings. The molecule has 0 saturated heterocycles. The zero-order chi connectivity index (χ0) is 16.3. The highest BCUT2D eigenvalue weighted by atomic mass is 16.5. The molecular formula is C20H26O3. The highest BCUT2D eigenvalue weighted by molar-refractivity contribution is 5.28. The summed E-state index contributed by atoms with van der Waals surface area (Å²) in [6.45, 7) is 6.66. The van der Waals surface area contributed by atoms with Crippen LogP contribution in [-0.2, 0) is 22.5 Å².